The van der Waals surface area contributed by atoms with Crippen LogP contribution in [0.4, 0.5) is 0 Å². The molecule has 1 nitrogen and oxygen atoms in total. The smallest absolute Gasteiger partial charge is 0.0296 e. The number of aryl methyl sites for hydroxylation is 2. The summed E-state index contributed by atoms with van der Waals surface area (Å²) in [5, 5.41) is 3.61. The second-order valence-corrected chi connectivity index (χ2v) is 4.56. The number of nitrogens with one attached hydrogen (secondary N) is 1. The fourth-order valence-corrected chi connectivity index (χ4v) is 1.95. The molecule has 0 spiro atoms. The molecule has 0 bridgehead atoms. The minimum Gasteiger partial charge on any atom is -0.308 e. The fourth-order valence-electron chi connectivity index (χ4n) is 1.95. The molecule has 0 aliphatic heterocycles. The third kappa shape index (κ3) is 3.35. The molecule has 0 aliphatic rings. The van der Waals surface area contributed by atoms with E-state index in [4.69, 9.17) is 0 Å². The summed E-state index contributed by atoms with van der Waals surface area (Å²) < 4.78 is 0. The van der Waals surface area contributed by atoms with E-state index in [-0.39, 0.29) is 0 Å². The summed E-state index contributed by atoms with van der Waals surface area (Å²) in [6.07, 6.45) is 1.18. The second kappa shape index (κ2) is 5.32. The van der Waals surface area contributed by atoms with Gasteiger partial charge in [-0.05, 0) is 45.2 Å². The van der Waals surface area contributed by atoms with Crippen LogP contribution in [0.1, 0.15) is 49.9 Å². The molecule has 1 N–H and O–H groups in total. The summed E-state index contributed by atoms with van der Waals surface area (Å²) in [7, 11) is 0. The molecular weight excluding hydrogens is 182 g/mol. The molecule has 1 aromatic rings. The van der Waals surface area contributed by atoms with Crippen LogP contribution in [0.2, 0.25) is 0 Å². The largest absolute Gasteiger partial charge is 0.308 e. The van der Waals surface area contributed by atoms with Crippen LogP contribution in [0, 0.1) is 13.8 Å². The Kier molecular flexibility index (Phi) is 4.34. The highest BCUT2D eigenvalue weighted by molar-refractivity contribution is 5.32. The second-order valence-electron chi connectivity index (χ2n) is 4.56. The highest BCUT2D eigenvalue weighted by atomic mass is 14.9. The van der Waals surface area contributed by atoms with Crippen molar-refractivity contribution < 1.29 is 0 Å². The lowest BCUT2D eigenvalue weighted by Gasteiger charge is -2.21. The molecule has 84 valence electrons. The van der Waals surface area contributed by atoms with Crippen LogP contribution >= 0.6 is 0 Å². The van der Waals surface area contributed by atoms with Gasteiger partial charge >= 0.3 is 0 Å². The molecule has 0 unspecified atom stereocenters. The Balaban J connectivity index is 2.77. The van der Waals surface area contributed by atoms with Gasteiger partial charge in [0.05, 0.1) is 0 Å². The first-order chi connectivity index (χ1) is 7.04. The molecule has 0 aliphatic carbocycles. The standard InChI is InChI=1S/C14H23N/c1-6-12(4)15-13(5)14-8-7-10(2)9-11(14)3/h7-9,12-13,15H,6H2,1-5H3/t12-,13-/m1/s1. The van der Waals surface area contributed by atoms with Gasteiger partial charge in [0.25, 0.3) is 0 Å². The Hall–Kier alpha value is -0.820. The van der Waals surface area contributed by atoms with Gasteiger partial charge in [0.15, 0.2) is 0 Å². The SMILES string of the molecule is CC[C@@H](C)N[C@H](C)c1ccc(C)cc1C. The van der Waals surface area contributed by atoms with Gasteiger partial charge in [-0.1, -0.05) is 30.7 Å². The molecule has 1 heteroatoms. The first-order valence-electron chi connectivity index (χ1n) is 5.87. The molecule has 0 saturated heterocycles. The maximum atomic E-state index is 3.61. The van der Waals surface area contributed by atoms with Crippen molar-refractivity contribution in [1.82, 2.24) is 5.32 Å². The zero-order chi connectivity index (χ0) is 11.4. The van der Waals surface area contributed by atoms with E-state index < -0.39 is 0 Å². The summed E-state index contributed by atoms with van der Waals surface area (Å²) in [4.78, 5) is 0. The van der Waals surface area contributed by atoms with E-state index in [9.17, 15) is 0 Å². The van der Waals surface area contributed by atoms with E-state index >= 15 is 0 Å². The van der Waals surface area contributed by atoms with E-state index in [1.54, 1.807) is 0 Å². The minimum absolute atomic E-state index is 0.445. The van der Waals surface area contributed by atoms with Crippen LogP contribution in [-0.4, -0.2) is 6.04 Å². The zero-order valence-electron chi connectivity index (χ0n) is 10.6. The summed E-state index contributed by atoms with van der Waals surface area (Å²) in [6.45, 7) is 11.0. The first kappa shape index (κ1) is 12.3. The summed E-state index contributed by atoms with van der Waals surface area (Å²) >= 11 is 0. The lowest BCUT2D eigenvalue weighted by atomic mass is 9.99. The van der Waals surface area contributed by atoms with Crippen molar-refractivity contribution >= 4 is 0 Å². The monoisotopic (exact) mass is 205 g/mol. The van der Waals surface area contributed by atoms with Crippen molar-refractivity contribution in [2.45, 2.75) is 53.1 Å². The first-order valence-corrected chi connectivity index (χ1v) is 5.87. The molecule has 0 heterocycles. The van der Waals surface area contributed by atoms with Crippen LogP contribution in [0.3, 0.4) is 0 Å². The Labute approximate surface area is 93.9 Å². The normalized spacial score (nSPS) is 15.0. The van der Waals surface area contributed by atoms with Crippen molar-refractivity contribution in [1.29, 1.82) is 0 Å². The topological polar surface area (TPSA) is 12.0 Å². The van der Waals surface area contributed by atoms with Crippen molar-refractivity contribution in [3.05, 3.63) is 34.9 Å². The minimum atomic E-state index is 0.445. The van der Waals surface area contributed by atoms with Gasteiger partial charge in [-0.25, -0.2) is 0 Å². The number of rotatable bonds is 4. The van der Waals surface area contributed by atoms with Gasteiger partial charge in [0, 0.05) is 12.1 Å². The lowest BCUT2D eigenvalue weighted by Crippen LogP contribution is -2.28. The molecule has 0 fully saturated rings. The molecule has 15 heavy (non-hydrogen) atoms. The van der Waals surface area contributed by atoms with Gasteiger partial charge in [0.1, 0.15) is 0 Å². The zero-order valence-corrected chi connectivity index (χ0v) is 10.6. The van der Waals surface area contributed by atoms with Gasteiger partial charge in [-0.2, -0.15) is 0 Å². The highest BCUT2D eigenvalue weighted by Gasteiger charge is 2.09. The Morgan fingerprint density at radius 3 is 2.40 bits per heavy atom. The maximum absolute atomic E-state index is 3.61. The van der Waals surface area contributed by atoms with Gasteiger partial charge < -0.3 is 5.32 Å². The Morgan fingerprint density at radius 1 is 1.20 bits per heavy atom. The molecule has 1 aromatic carbocycles. The molecule has 0 aromatic heterocycles. The number of hydrogen-bond donors (Lipinski definition) is 1. The van der Waals surface area contributed by atoms with E-state index in [2.05, 4.69) is 58.1 Å². The van der Waals surface area contributed by atoms with Crippen molar-refractivity contribution in [2.24, 2.45) is 0 Å². The van der Waals surface area contributed by atoms with Crippen molar-refractivity contribution in [3.8, 4) is 0 Å². The van der Waals surface area contributed by atoms with E-state index in [0.29, 0.717) is 12.1 Å². The third-order valence-corrected chi connectivity index (χ3v) is 3.04. The maximum Gasteiger partial charge on any atom is 0.0296 e. The highest BCUT2D eigenvalue weighted by Crippen LogP contribution is 2.19. The van der Waals surface area contributed by atoms with Crippen LogP contribution in [0.25, 0.3) is 0 Å². The molecular formula is C14H23N. The summed E-state index contributed by atoms with van der Waals surface area (Å²) in [6, 6.07) is 7.72. The molecule has 0 radical (unpaired) electrons. The Morgan fingerprint density at radius 2 is 1.87 bits per heavy atom. The Bertz CT molecular complexity index is 317. The predicted molar refractivity (Wildman–Crippen MR) is 67.2 cm³/mol. The quantitative estimate of drug-likeness (QED) is 0.789. The summed E-state index contributed by atoms with van der Waals surface area (Å²) in [5.41, 5.74) is 4.14. The summed E-state index contributed by atoms with van der Waals surface area (Å²) in [5.74, 6) is 0. The van der Waals surface area contributed by atoms with E-state index in [1.807, 2.05) is 0 Å². The molecule has 1 rings (SSSR count). The van der Waals surface area contributed by atoms with Gasteiger partial charge in [0.2, 0.25) is 0 Å². The average Bonchev–Trinajstić information content (AvgIpc) is 2.17. The van der Waals surface area contributed by atoms with Gasteiger partial charge in [-0.15, -0.1) is 0 Å². The van der Waals surface area contributed by atoms with Crippen molar-refractivity contribution in [2.75, 3.05) is 0 Å². The average molecular weight is 205 g/mol. The number of hydrogen-bond acceptors (Lipinski definition) is 1. The van der Waals surface area contributed by atoms with E-state index in [1.165, 1.54) is 23.1 Å². The van der Waals surface area contributed by atoms with E-state index in [0.717, 1.165) is 0 Å². The van der Waals surface area contributed by atoms with Crippen LogP contribution < -0.4 is 5.32 Å². The number of benzene rings is 1. The van der Waals surface area contributed by atoms with Gasteiger partial charge in [-0.3, -0.25) is 0 Å². The fraction of sp³-hybridized carbons (Fsp3) is 0.571. The van der Waals surface area contributed by atoms with Crippen LogP contribution in [-0.2, 0) is 0 Å². The molecule has 0 saturated carbocycles. The molecule has 0 amide bonds. The predicted octanol–water partition coefficient (Wildman–Crippen LogP) is 3.75. The molecule has 2 atom stereocenters. The third-order valence-electron chi connectivity index (χ3n) is 3.04. The van der Waals surface area contributed by atoms with Crippen LogP contribution in [0.15, 0.2) is 18.2 Å². The lowest BCUT2D eigenvalue weighted by molar-refractivity contribution is 0.468. The van der Waals surface area contributed by atoms with Crippen LogP contribution in [0.5, 0.6) is 0 Å². The van der Waals surface area contributed by atoms with Crippen molar-refractivity contribution in [3.63, 3.8) is 0 Å².